The molecule has 17 heavy (non-hydrogen) atoms. The quantitative estimate of drug-likeness (QED) is 0.839. The maximum Gasteiger partial charge on any atom is 0.282 e. The Morgan fingerprint density at radius 2 is 2.24 bits per heavy atom. The molecule has 1 aromatic rings. The minimum absolute atomic E-state index is 0.187. The highest BCUT2D eigenvalue weighted by atomic mass is 35.5. The van der Waals surface area contributed by atoms with Crippen molar-refractivity contribution in [1.29, 1.82) is 0 Å². The fraction of sp³-hybridized carbons (Fsp3) is 0.667. The van der Waals surface area contributed by atoms with E-state index in [1.54, 1.807) is 0 Å². The molecule has 1 saturated heterocycles. The van der Waals surface area contributed by atoms with Crippen LogP contribution in [0.2, 0.25) is 4.47 Å². The Hall–Kier alpha value is -0.760. The van der Waals surface area contributed by atoms with Crippen LogP contribution in [-0.4, -0.2) is 46.6 Å². The summed E-state index contributed by atoms with van der Waals surface area (Å²) in [7, 11) is 0. The SMILES string of the molecule is O=C(NCC1(O)CCOCC1)c1nnc(Cl)s1. The fourth-order valence-corrected chi connectivity index (χ4v) is 2.29. The molecule has 2 rings (SSSR count). The summed E-state index contributed by atoms with van der Waals surface area (Å²) in [6.07, 6.45) is 1.04. The summed E-state index contributed by atoms with van der Waals surface area (Å²) in [5.41, 5.74) is -0.887. The Bertz CT molecular complexity index is 406. The summed E-state index contributed by atoms with van der Waals surface area (Å²) in [6, 6.07) is 0. The third kappa shape index (κ3) is 3.35. The zero-order valence-corrected chi connectivity index (χ0v) is 10.6. The van der Waals surface area contributed by atoms with Crippen molar-refractivity contribution >= 4 is 28.8 Å². The topological polar surface area (TPSA) is 84.3 Å². The molecule has 1 aliphatic heterocycles. The predicted molar refractivity (Wildman–Crippen MR) is 62.3 cm³/mol. The third-order valence-electron chi connectivity index (χ3n) is 2.60. The van der Waals surface area contributed by atoms with Gasteiger partial charge in [-0.3, -0.25) is 4.79 Å². The molecular weight excluding hydrogens is 266 g/mol. The van der Waals surface area contributed by atoms with Gasteiger partial charge in [-0.2, -0.15) is 0 Å². The summed E-state index contributed by atoms with van der Waals surface area (Å²) < 4.78 is 5.37. The van der Waals surface area contributed by atoms with E-state index in [4.69, 9.17) is 16.3 Å². The number of halogens is 1. The molecule has 1 amide bonds. The first-order chi connectivity index (χ1) is 8.09. The molecule has 2 N–H and O–H groups in total. The van der Waals surface area contributed by atoms with E-state index < -0.39 is 5.60 Å². The van der Waals surface area contributed by atoms with Crippen LogP contribution in [0.25, 0.3) is 0 Å². The summed E-state index contributed by atoms with van der Waals surface area (Å²) in [5, 5.41) is 20.1. The molecule has 0 aromatic carbocycles. The lowest BCUT2D eigenvalue weighted by Crippen LogP contribution is -2.46. The smallest absolute Gasteiger partial charge is 0.282 e. The van der Waals surface area contributed by atoms with Gasteiger partial charge >= 0.3 is 0 Å². The minimum atomic E-state index is -0.887. The molecule has 0 spiro atoms. The lowest BCUT2D eigenvalue weighted by atomic mass is 9.94. The van der Waals surface area contributed by atoms with Gasteiger partial charge in [-0.25, -0.2) is 0 Å². The van der Waals surface area contributed by atoms with E-state index in [-0.39, 0.29) is 21.9 Å². The van der Waals surface area contributed by atoms with Crippen LogP contribution in [0.3, 0.4) is 0 Å². The number of nitrogens with one attached hydrogen (secondary N) is 1. The molecule has 8 heteroatoms. The van der Waals surface area contributed by atoms with Crippen molar-refractivity contribution in [3.63, 3.8) is 0 Å². The molecule has 6 nitrogen and oxygen atoms in total. The first kappa shape index (κ1) is 12.7. The van der Waals surface area contributed by atoms with Gasteiger partial charge in [-0.1, -0.05) is 11.3 Å². The number of carbonyl (C=O) groups excluding carboxylic acids is 1. The summed E-state index contributed by atoms with van der Waals surface area (Å²) in [5.74, 6) is -0.366. The first-order valence-electron chi connectivity index (χ1n) is 5.16. The van der Waals surface area contributed by atoms with E-state index >= 15 is 0 Å². The fourth-order valence-electron chi connectivity index (χ4n) is 1.55. The number of aliphatic hydroxyl groups is 1. The lowest BCUT2D eigenvalue weighted by Gasteiger charge is -2.31. The number of nitrogens with zero attached hydrogens (tertiary/aromatic N) is 2. The van der Waals surface area contributed by atoms with Gasteiger partial charge in [-0.15, -0.1) is 10.2 Å². The van der Waals surface area contributed by atoms with Gasteiger partial charge in [0.2, 0.25) is 9.47 Å². The van der Waals surface area contributed by atoms with Crippen LogP contribution < -0.4 is 5.32 Å². The molecule has 1 aliphatic rings. The maximum atomic E-state index is 11.6. The summed E-state index contributed by atoms with van der Waals surface area (Å²) >= 11 is 6.59. The number of aromatic nitrogens is 2. The number of hydrogen-bond acceptors (Lipinski definition) is 6. The van der Waals surface area contributed by atoms with Crippen molar-refractivity contribution in [2.75, 3.05) is 19.8 Å². The molecule has 94 valence electrons. The average molecular weight is 278 g/mol. The third-order valence-corrected chi connectivity index (χ3v) is 3.61. The van der Waals surface area contributed by atoms with Gasteiger partial charge in [0.05, 0.1) is 5.60 Å². The van der Waals surface area contributed by atoms with E-state index in [0.717, 1.165) is 11.3 Å². The Morgan fingerprint density at radius 3 is 2.82 bits per heavy atom. The van der Waals surface area contributed by atoms with E-state index in [2.05, 4.69) is 15.5 Å². The molecular formula is C9H12ClN3O3S. The van der Waals surface area contributed by atoms with Gasteiger partial charge in [0, 0.05) is 32.6 Å². The second-order valence-corrected chi connectivity index (χ2v) is 5.44. The molecule has 0 radical (unpaired) electrons. The number of hydrogen-bond donors (Lipinski definition) is 2. The Morgan fingerprint density at radius 1 is 1.53 bits per heavy atom. The Kier molecular flexibility index (Phi) is 3.93. The number of carbonyl (C=O) groups is 1. The van der Waals surface area contributed by atoms with Crippen LogP contribution in [-0.2, 0) is 4.74 Å². The van der Waals surface area contributed by atoms with Crippen molar-refractivity contribution in [3.05, 3.63) is 9.47 Å². The highest BCUT2D eigenvalue weighted by molar-refractivity contribution is 7.17. The van der Waals surface area contributed by atoms with E-state index in [9.17, 15) is 9.90 Å². The monoisotopic (exact) mass is 277 g/mol. The average Bonchev–Trinajstić information content (AvgIpc) is 2.74. The highest BCUT2D eigenvalue weighted by Crippen LogP contribution is 2.20. The van der Waals surface area contributed by atoms with Crippen molar-refractivity contribution in [3.8, 4) is 0 Å². The normalized spacial score (nSPS) is 18.9. The van der Waals surface area contributed by atoms with Crippen molar-refractivity contribution in [1.82, 2.24) is 15.5 Å². The molecule has 0 unspecified atom stereocenters. The molecule has 1 fully saturated rings. The van der Waals surface area contributed by atoms with Gasteiger partial charge in [0.25, 0.3) is 5.91 Å². The molecule has 2 heterocycles. The number of amides is 1. The second kappa shape index (κ2) is 5.26. The van der Waals surface area contributed by atoms with Gasteiger partial charge < -0.3 is 15.2 Å². The summed E-state index contributed by atoms with van der Waals surface area (Å²) in [6.45, 7) is 1.21. The van der Waals surface area contributed by atoms with Crippen LogP contribution >= 0.6 is 22.9 Å². The van der Waals surface area contributed by atoms with Crippen LogP contribution in [0.4, 0.5) is 0 Å². The van der Waals surface area contributed by atoms with Crippen LogP contribution in [0.1, 0.15) is 22.6 Å². The lowest BCUT2D eigenvalue weighted by molar-refractivity contribution is -0.0605. The largest absolute Gasteiger partial charge is 0.388 e. The molecule has 0 bridgehead atoms. The standard InChI is InChI=1S/C9H12ClN3O3S/c10-8-13-12-7(17-8)6(14)11-5-9(15)1-3-16-4-2-9/h15H,1-5H2,(H,11,14). The van der Waals surface area contributed by atoms with Gasteiger partial charge in [0.1, 0.15) is 0 Å². The van der Waals surface area contributed by atoms with Crippen LogP contribution in [0.5, 0.6) is 0 Å². The molecule has 1 aromatic heterocycles. The predicted octanol–water partition coefficient (Wildman–Crippen LogP) is 0.463. The van der Waals surface area contributed by atoms with E-state index in [0.29, 0.717) is 26.1 Å². The number of rotatable bonds is 3. The summed E-state index contributed by atoms with van der Waals surface area (Å²) in [4.78, 5) is 11.6. The molecule has 0 atom stereocenters. The van der Waals surface area contributed by atoms with Crippen LogP contribution in [0.15, 0.2) is 0 Å². The zero-order valence-electron chi connectivity index (χ0n) is 8.98. The number of ether oxygens (including phenoxy) is 1. The molecule has 0 aliphatic carbocycles. The highest BCUT2D eigenvalue weighted by Gasteiger charge is 2.30. The minimum Gasteiger partial charge on any atom is -0.388 e. The van der Waals surface area contributed by atoms with Gasteiger partial charge in [-0.05, 0) is 11.6 Å². The van der Waals surface area contributed by atoms with E-state index in [1.165, 1.54) is 0 Å². The Labute approximate surface area is 107 Å². The Balaban J connectivity index is 1.87. The molecule has 0 saturated carbocycles. The van der Waals surface area contributed by atoms with Crippen molar-refractivity contribution < 1.29 is 14.6 Å². The second-order valence-electron chi connectivity index (χ2n) is 3.88. The zero-order chi connectivity index (χ0) is 12.3. The van der Waals surface area contributed by atoms with Crippen molar-refractivity contribution in [2.24, 2.45) is 0 Å². The van der Waals surface area contributed by atoms with Crippen molar-refractivity contribution in [2.45, 2.75) is 18.4 Å². The van der Waals surface area contributed by atoms with E-state index in [1.807, 2.05) is 0 Å². The maximum absolute atomic E-state index is 11.6. The van der Waals surface area contributed by atoms with Gasteiger partial charge in [0.15, 0.2) is 0 Å². The first-order valence-corrected chi connectivity index (χ1v) is 6.36. The van der Waals surface area contributed by atoms with Crippen LogP contribution in [0, 0.1) is 0 Å².